The summed E-state index contributed by atoms with van der Waals surface area (Å²) in [6.07, 6.45) is 6.91. The second-order valence-corrected chi connectivity index (χ2v) is 5.26. The van der Waals surface area contributed by atoms with Gasteiger partial charge in [-0.15, -0.1) is 0 Å². The molecule has 0 aliphatic heterocycles. The van der Waals surface area contributed by atoms with E-state index >= 15 is 0 Å². The molecular formula is C15H19N3O4. The topological polar surface area (TPSA) is 93.8 Å². The van der Waals surface area contributed by atoms with Crippen LogP contribution in [0.5, 0.6) is 0 Å². The summed E-state index contributed by atoms with van der Waals surface area (Å²) in [6, 6.07) is 6.26. The van der Waals surface area contributed by atoms with Crippen LogP contribution in [-0.4, -0.2) is 29.7 Å². The Balaban J connectivity index is 1.74. The molecule has 1 aliphatic rings. The standard InChI is InChI=1S/C15H19N3O4/c19-15(17-13-6-2-1-3-7-13)11-22-16-10-12-5-4-8-14(9-12)18(20)21/h4-5,8-10,13H,1-3,6-7,11H2,(H,17,19). The van der Waals surface area contributed by atoms with Crippen molar-refractivity contribution >= 4 is 17.8 Å². The summed E-state index contributed by atoms with van der Waals surface area (Å²) >= 11 is 0. The summed E-state index contributed by atoms with van der Waals surface area (Å²) in [7, 11) is 0. The number of hydrogen-bond donors (Lipinski definition) is 1. The van der Waals surface area contributed by atoms with Crippen molar-refractivity contribution in [2.75, 3.05) is 6.61 Å². The molecule has 22 heavy (non-hydrogen) atoms. The van der Waals surface area contributed by atoms with Gasteiger partial charge in [0.25, 0.3) is 11.6 Å². The Morgan fingerprint density at radius 2 is 2.18 bits per heavy atom. The summed E-state index contributed by atoms with van der Waals surface area (Å²) in [5.41, 5.74) is 0.529. The number of amides is 1. The highest BCUT2D eigenvalue weighted by molar-refractivity contribution is 5.80. The predicted octanol–water partition coefficient (Wildman–Crippen LogP) is 2.39. The molecule has 2 rings (SSSR count). The van der Waals surface area contributed by atoms with Crippen LogP contribution in [0.25, 0.3) is 0 Å². The van der Waals surface area contributed by atoms with Gasteiger partial charge >= 0.3 is 0 Å². The number of rotatable bonds is 6. The maximum absolute atomic E-state index is 11.7. The fourth-order valence-electron chi connectivity index (χ4n) is 2.43. The third-order valence-electron chi connectivity index (χ3n) is 3.52. The maximum Gasteiger partial charge on any atom is 0.270 e. The summed E-state index contributed by atoms with van der Waals surface area (Å²) < 4.78 is 0. The van der Waals surface area contributed by atoms with Gasteiger partial charge in [0.2, 0.25) is 0 Å². The molecule has 1 aliphatic carbocycles. The highest BCUT2D eigenvalue weighted by atomic mass is 16.6. The Hall–Kier alpha value is -2.44. The zero-order valence-electron chi connectivity index (χ0n) is 12.2. The van der Waals surface area contributed by atoms with Gasteiger partial charge in [-0.2, -0.15) is 0 Å². The Morgan fingerprint density at radius 3 is 2.91 bits per heavy atom. The zero-order chi connectivity index (χ0) is 15.8. The molecule has 0 atom stereocenters. The van der Waals surface area contributed by atoms with Crippen molar-refractivity contribution in [1.29, 1.82) is 0 Å². The molecular weight excluding hydrogens is 286 g/mol. The van der Waals surface area contributed by atoms with Crippen molar-refractivity contribution in [3.05, 3.63) is 39.9 Å². The lowest BCUT2D eigenvalue weighted by Gasteiger charge is -2.22. The first kappa shape index (κ1) is 15.9. The van der Waals surface area contributed by atoms with Gasteiger partial charge < -0.3 is 10.2 Å². The highest BCUT2D eigenvalue weighted by Gasteiger charge is 2.15. The van der Waals surface area contributed by atoms with Gasteiger partial charge in [-0.1, -0.05) is 36.6 Å². The van der Waals surface area contributed by atoms with Crippen LogP contribution in [0.3, 0.4) is 0 Å². The van der Waals surface area contributed by atoms with E-state index in [2.05, 4.69) is 10.5 Å². The second kappa shape index (κ2) is 8.11. The number of carbonyl (C=O) groups excluding carboxylic acids is 1. The molecule has 7 heteroatoms. The average molecular weight is 305 g/mol. The van der Waals surface area contributed by atoms with Crippen molar-refractivity contribution in [1.82, 2.24) is 5.32 Å². The lowest BCUT2D eigenvalue weighted by Crippen LogP contribution is -2.38. The van der Waals surface area contributed by atoms with Crippen LogP contribution in [0.2, 0.25) is 0 Å². The zero-order valence-corrected chi connectivity index (χ0v) is 12.2. The summed E-state index contributed by atoms with van der Waals surface area (Å²) in [6.45, 7) is -0.151. The molecule has 0 unspecified atom stereocenters. The third kappa shape index (κ3) is 5.16. The van der Waals surface area contributed by atoms with Gasteiger partial charge in [-0.3, -0.25) is 14.9 Å². The van der Waals surface area contributed by atoms with Crippen LogP contribution in [0.4, 0.5) is 5.69 Å². The SMILES string of the molecule is O=C(CON=Cc1cccc([N+](=O)[O-])c1)NC1CCCCC1. The molecule has 7 nitrogen and oxygen atoms in total. The number of nitrogens with one attached hydrogen (secondary N) is 1. The van der Waals surface area contributed by atoms with E-state index in [-0.39, 0.29) is 24.2 Å². The summed E-state index contributed by atoms with van der Waals surface area (Å²) in [5.74, 6) is -0.192. The first-order chi connectivity index (χ1) is 10.6. The molecule has 118 valence electrons. The van der Waals surface area contributed by atoms with E-state index in [1.165, 1.54) is 24.8 Å². The smallest absolute Gasteiger partial charge is 0.270 e. The minimum absolute atomic E-state index is 0.0148. The number of nitro benzene ring substituents is 1. The van der Waals surface area contributed by atoms with Crippen LogP contribution in [0, 0.1) is 10.1 Å². The minimum atomic E-state index is -0.476. The fourth-order valence-corrected chi connectivity index (χ4v) is 2.43. The number of nitrogens with zero attached hydrogens (tertiary/aromatic N) is 2. The van der Waals surface area contributed by atoms with Crippen molar-refractivity contribution < 1.29 is 14.6 Å². The number of carbonyl (C=O) groups is 1. The molecule has 1 aromatic carbocycles. The second-order valence-electron chi connectivity index (χ2n) is 5.26. The van der Waals surface area contributed by atoms with Crippen molar-refractivity contribution in [3.63, 3.8) is 0 Å². The van der Waals surface area contributed by atoms with Crippen molar-refractivity contribution in [2.24, 2.45) is 5.16 Å². The summed E-state index contributed by atoms with van der Waals surface area (Å²) in [5, 5.41) is 17.2. The highest BCUT2D eigenvalue weighted by Crippen LogP contribution is 2.17. The van der Waals surface area contributed by atoms with Gasteiger partial charge in [0.15, 0.2) is 6.61 Å². The Kier molecular flexibility index (Phi) is 5.88. The molecule has 1 fully saturated rings. The first-order valence-corrected chi connectivity index (χ1v) is 7.34. The lowest BCUT2D eigenvalue weighted by atomic mass is 9.95. The van der Waals surface area contributed by atoms with E-state index in [1.54, 1.807) is 12.1 Å². The first-order valence-electron chi connectivity index (χ1n) is 7.34. The van der Waals surface area contributed by atoms with Crippen molar-refractivity contribution in [3.8, 4) is 0 Å². The summed E-state index contributed by atoms with van der Waals surface area (Å²) in [4.78, 5) is 26.8. The number of nitro groups is 1. The molecule has 0 saturated heterocycles. The van der Waals surface area contributed by atoms with Crippen LogP contribution >= 0.6 is 0 Å². The largest absolute Gasteiger partial charge is 0.386 e. The van der Waals surface area contributed by atoms with E-state index in [9.17, 15) is 14.9 Å². The quantitative estimate of drug-likeness (QED) is 0.496. The van der Waals surface area contributed by atoms with Gasteiger partial charge in [-0.05, 0) is 12.8 Å². The lowest BCUT2D eigenvalue weighted by molar-refractivity contribution is -0.384. The van der Waals surface area contributed by atoms with Crippen LogP contribution in [0.1, 0.15) is 37.7 Å². The minimum Gasteiger partial charge on any atom is -0.386 e. The van der Waals surface area contributed by atoms with Crippen LogP contribution in [0.15, 0.2) is 29.4 Å². The predicted molar refractivity (Wildman–Crippen MR) is 81.7 cm³/mol. The van der Waals surface area contributed by atoms with Crippen LogP contribution in [-0.2, 0) is 9.63 Å². The van der Waals surface area contributed by atoms with E-state index in [0.717, 1.165) is 25.7 Å². The molecule has 1 aromatic rings. The van der Waals surface area contributed by atoms with E-state index < -0.39 is 4.92 Å². The molecule has 0 radical (unpaired) electrons. The Morgan fingerprint density at radius 1 is 1.41 bits per heavy atom. The van der Waals surface area contributed by atoms with Gasteiger partial charge in [0, 0.05) is 23.7 Å². The van der Waals surface area contributed by atoms with E-state index in [0.29, 0.717) is 5.56 Å². The molecule has 1 amide bonds. The number of non-ortho nitro benzene ring substituents is 1. The molecule has 1 N–H and O–H groups in total. The van der Waals surface area contributed by atoms with E-state index in [4.69, 9.17) is 4.84 Å². The van der Waals surface area contributed by atoms with Gasteiger partial charge in [-0.25, -0.2) is 0 Å². The average Bonchev–Trinajstić information content (AvgIpc) is 2.53. The van der Waals surface area contributed by atoms with Crippen molar-refractivity contribution in [2.45, 2.75) is 38.1 Å². The number of benzene rings is 1. The fraction of sp³-hybridized carbons (Fsp3) is 0.467. The molecule has 1 saturated carbocycles. The molecule has 0 aromatic heterocycles. The van der Waals surface area contributed by atoms with Crippen LogP contribution < -0.4 is 5.32 Å². The van der Waals surface area contributed by atoms with Gasteiger partial charge in [0.1, 0.15) is 0 Å². The Bertz CT molecular complexity index is 553. The molecule has 0 bridgehead atoms. The van der Waals surface area contributed by atoms with E-state index in [1.807, 2.05) is 0 Å². The molecule has 0 spiro atoms. The third-order valence-corrected chi connectivity index (χ3v) is 3.52. The normalized spacial score (nSPS) is 15.6. The number of oxime groups is 1. The monoisotopic (exact) mass is 305 g/mol. The maximum atomic E-state index is 11.7. The molecule has 0 heterocycles. The number of hydrogen-bond acceptors (Lipinski definition) is 5. The Labute approximate surface area is 128 Å². The van der Waals surface area contributed by atoms with Gasteiger partial charge in [0.05, 0.1) is 11.1 Å².